The number of ether oxygens (including phenoxy) is 1. The first kappa shape index (κ1) is 74.6. The van der Waals surface area contributed by atoms with Crippen molar-refractivity contribution < 1.29 is 24.5 Å². The zero-order valence-electron chi connectivity index (χ0n) is 51.8. The molecule has 1 amide bonds. The largest absolute Gasteiger partial charge is 0.466 e. The highest BCUT2D eigenvalue weighted by molar-refractivity contribution is 5.76. The van der Waals surface area contributed by atoms with Crippen LogP contribution in [0.3, 0.4) is 0 Å². The van der Waals surface area contributed by atoms with Crippen molar-refractivity contribution in [3.05, 3.63) is 12.2 Å². The number of aliphatic hydroxyl groups is 2. The number of rotatable bonds is 66. The van der Waals surface area contributed by atoms with Gasteiger partial charge >= 0.3 is 5.97 Å². The molecule has 6 heteroatoms. The standard InChI is InChI=1S/C70H137NO5/c1-3-5-7-9-11-13-15-17-19-31-35-38-42-46-50-54-58-62-68(73)67(66-72)71-69(74)63-59-55-51-47-43-39-36-32-29-27-25-23-21-20-22-24-26-28-30-33-37-41-45-49-53-57-61-65-76-70(75)64-60-56-52-48-44-40-34-18-16-14-12-10-8-6-4-2/h58,62,67-68,72-73H,3-57,59-61,63-66H2,1-2H3,(H,71,74)/b62-58+. The Kier molecular flexibility index (Phi) is 64.9. The number of aliphatic hydroxyl groups excluding tert-OH is 2. The van der Waals surface area contributed by atoms with Gasteiger partial charge in [0.25, 0.3) is 0 Å². The van der Waals surface area contributed by atoms with E-state index in [2.05, 4.69) is 19.2 Å². The summed E-state index contributed by atoms with van der Waals surface area (Å²) >= 11 is 0. The molecule has 0 aromatic rings. The maximum absolute atomic E-state index is 12.5. The highest BCUT2D eigenvalue weighted by Crippen LogP contribution is 2.19. The molecule has 0 saturated carbocycles. The Balaban J connectivity index is 3.35. The van der Waals surface area contributed by atoms with E-state index in [4.69, 9.17) is 4.74 Å². The zero-order valence-corrected chi connectivity index (χ0v) is 51.8. The Morgan fingerprint density at radius 3 is 0.895 bits per heavy atom. The van der Waals surface area contributed by atoms with Crippen LogP contribution >= 0.6 is 0 Å². The number of allylic oxidation sites excluding steroid dienone is 1. The third kappa shape index (κ3) is 61.8. The molecule has 6 nitrogen and oxygen atoms in total. The van der Waals surface area contributed by atoms with Crippen molar-refractivity contribution in [1.82, 2.24) is 5.32 Å². The Hall–Kier alpha value is -1.40. The number of carbonyl (C=O) groups excluding carboxylic acids is 2. The van der Waals surface area contributed by atoms with Gasteiger partial charge in [0.2, 0.25) is 5.91 Å². The molecule has 2 atom stereocenters. The quantitative estimate of drug-likeness (QED) is 0.0320. The van der Waals surface area contributed by atoms with Gasteiger partial charge < -0.3 is 20.3 Å². The molecule has 0 heterocycles. The van der Waals surface area contributed by atoms with E-state index < -0.39 is 12.1 Å². The van der Waals surface area contributed by atoms with Crippen LogP contribution in [0.15, 0.2) is 12.2 Å². The van der Waals surface area contributed by atoms with Crippen LogP contribution in [0.5, 0.6) is 0 Å². The smallest absolute Gasteiger partial charge is 0.305 e. The van der Waals surface area contributed by atoms with E-state index in [-0.39, 0.29) is 18.5 Å². The summed E-state index contributed by atoms with van der Waals surface area (Å²) in [6, 6.07) is -0.625. The fraction of sp³-hybridized carbons (Fsp3) is 0.943. The third-order valence-corrected chi connectivity index (χ3v) is 16.6. The van der Waals surface area contributed by atoms with Gasteiger partial charge in [-0.1, -0.05) is 366 Å². The highest BCUT2D eigenvalue weighted by Gasteiger charge is 2.18. The van der Waals surface area contributed by atoms with Gasteiger partial charge in [0.15, 0.2) is 0 Å². The van der Waals surface area contributed by atoms with Gasteiger partial charge in [-0.3, -0.25) is 9.59 Å². The van der Waals surface area contributed by atoms with E-state index in [1.54, 1.807) is 6.08 Å². The molecule has 0 bridgehead atoms. The van der Waals surface area contributed by atoms with Crippen LogP contribution in [0.25, 0.3) is 0 Å². The van der Waals surface area contributed by atoms with E-state index in [1.807, 2.05) is 6.08 Å². The lowest BCUT2D eigenvalue weighted by Gasteiger charge is -2.20. The molecule has 0 aromatic heterocycles. The van der Waals surface area contributed by atoms with Crippen molar-refractivity contribution in [2.24, 2.45) is 0 Å². The summed E-state index contributed by atoms with van der Waals surface area (Å²) < 4.78 is 5.50. The van der Waals surface area contributed by atoms with Crippen molar-refractivity contribution in [1.29, 1.82) is 0 Å². The van der Waals surface area contributed by atoms with Crippen LogP contribution in [0.2, 0.25) is 0 Å². The van der Waals surface area contributed by atoms with E-state index in [9.17, 15) is 19.8 Å². The second-order valence-electron chi connectivity index (χ2n) is 24.2. The molecule has 0 radical (unpaired) electrons. The molecule has 2 unspecified atom stereocenters. The fourth-order valence-corrected chi connectivity index (χ4v) is 11.2. The zero-order chi connectivity index (χ0) is 55.0. The lowest BCUT2D eigenvalue weighted by Crippen LogP contribution is -2.45. The van der Waals surface area contributed by atoms with Gasteiger partial charge in [0.1, 0.15) is 0 Å². The SMILES string of the molecule is CCCCCCCCCCCCCCCCC/C=C/C(O)C(CO)NC(=O)CCCCCCCCCCCCCCCCCCCCCCCCCCCCCOC(=O)CCCCCCCCCCCCCCCCC. The number of hydrogen-bond acceptors (Lipinski definition) is 5. The van der Waals surface area contributed by atoms with Gasteiger partial charge in [-0.2, -0.15) is 0 Å². The predicted molar refractivity (Wildman–Crippen MR) is 333 cm³/mol. The average molecular weight is 1070 g/mol. The van der Waals surface area contributed by atoms with Gasteiger partial charge in [-0.15, -0.1) is 0 Å². The molecule has 0 rings (SSSR count). The predicted octanol–water partition coefficient (Wildman–Crippen LogP) is 22.4. The average Bonchev–Trinajstić information content (AvgIpc) is 3.42. The monoisotopic (exact) mass is 1070 g/mol. The third-order valence-electron chi connectivity index (χ3n) is 16.6. The van der Waals surface area contributed by atoms with Crippen LogP contribution in [-0.2, 0) is 14.3 Å². The van der Waals surface area contributed by atoms with Crippen molar-refractivity contribution in [2.75, 3.05) is 13.2 Å². The maximum Gasteiger partial charge on any atom is 0.305 e. The minimum Gasteiger partial charge on any atom is -0.466 e. The molecule has 0 aliphatic heterocycles. The number of unbranched alkanes of at least 4 members (excludes halogenated alkanes) is 55. The van der Waals surface area contributed by atoms with E-state index in [1.165, 1.54) is 334 Å². The van der Waals surface area contributed by atoms with Gasteiger partial charge in [0, 0.05) is 12.8 Å². The molecule has 0 spiro atoms. The maximum atomic E-state index is 12.5. The summed E-state index contributed by atoms with van der Waals surface area (Å²) in [6.45, 7) is 4.95. The summed E-state index contributed by atoms with van der Waals surface area (Å²) in [7, 11) is 0. The van der Waals surface area contributed by atoms with Crippen LogP contribution in [0.1, 0.15) is 399 Å². The lowest BCUT2D eigenvalue weighted by molar-refractivity contribution is -0.143. The molecular weight excluding hydrogens is 935 g/mol. The lowest BCUT2D eigenvalue weighted by atomic mass is 10.0. The second-order valence-corrected chi connectivity index (χ2v) is 24.2. The molecule has 0 fully saturated rings. The molecule has 0 saturated heterocycles. The molecule has 0 aromatic carbocycles. The molecular formula is C70H137NO5. The molecule has 0 aliphatic rings. The van der Waals surface area contributed by atoms with Crippen molar-refractivity contribution >= 4 is 11.9 Å². The van der Waals surface area contributed by atoms with Crippen LogP contribution in [0.4, 0.5) is 0 Å². The number of esters is 1. The molecule has 452 valence electrons. The van der Waals surface area contributed by atoms with E-state index in [0.717, 1.165) is 38.5 Å². The Bertz CT molecular complexity index is 1140. The van der Waals surface area contributed by atoms with Crippen LogP contribution in [0, 0.1) is 0 Å². The van der Waals surface area contributed by atoms with Crippen molar-refractivity contribution in [3.8, 4) is 0 Å². The highest BCUT2D eigenvalue weighted by atomic mass is 16.5. The molecule has 3 N–H and O–H groups in total. The van der Waals surface area contributed by atoms with Gasteiger partial charge in [-0.05, 0) is 32.1 Å². The number of nitrogens with one attached hydrogen (secondary N) is 1. The fourth-order valence-electron chi connectivity index (χ4n) is 11.2. The normalized spacial score (nSPS) is 12.5. The van der Waals surface area contributed by atoms with Crippen molar-refractivity contribution in [2.45, 2.75) is 411 Å². The summed E-state index contributed by atoms with van der Waals surface area (Å²) in [5, 5.41) is 23.2. The van der Waals surface area contributed by atoms with Gasteiger partial charge in [-0.25, -0.2) is 0 Å². The summed E-state index contributed by atoms with van der Waals surface area (Å²) in [5.41, 5.74) is 0. The first-order valence-corrected chi connectivity index (χ1v) is 35.0. The van der Waals surface area contributed by atoms with Crippen LogP contribution in [-0.4, -0.2) is 47.4 Å². The van der Waals surface area contributed by atoms with Crippen LogP contribution < -0.4 is 5.32 Å². The number of amides is 1. The Labute approximate surface area is 476 Å². The topological polar surface area (TPSA) is 95.9 Å². The first-order chi connectivity index (χ1) is 37.5. The Morgan fingerprint density at radius 1 is 0.355 bits per heavy atom. The first-order valence-electron chi connectivity index (χ1n) is 35.0. The summed E-state index contributed by atoms with van der Waals surface area (Å²) in [5.74, 6) is -0.0401. The van der Waals surface area contributed by atoms with E-state index >= 15 is 0 Å². The number of hydrogen-bond donors (Lipinski definition) is 3. The minimum absolute atomic E-state index is 0.0215. The Morgan fingerprint density at radius 2 is 0.605 bits per heavy atom. The molecule has 0 aliphatic carbocycles. The van der Waals surface area contributed by atoms with Gasteiger partial charge in [0.05, 0.1) is 25.4 Å². The summed E-state index contributed by atoms with van der Waals surface area (Å²) in [6.07, 6.45) is 81.4. The molecule has 76 heavy (non-hydrogen) atoms. The van der Waals surface area contributed by atoms with Crippen molar-refractivity contribution in [3.63, 3.8) is 0 Å². The van der Waals surface area contributed by atoms with E-state index in [0.29, 0.717) is 19.4 Å². The number of carbonyl (C=O) groups is 2. The minimum atomic E-state index is -0.842. The summed E-state index contributed by atoms with van der Waals surface area (Å²) in [4.78, 5) is 24.6. The second kappa shape index (κ2) is 66.1.